The average molecular weight is 204 g/mol. The molecule has 3 nitrogen and oxygen atoms in total. The highest BCUT2D eigenvalue weighted by Gasteiger charge is 1.95. The van der Waals surface area contributed by atoms with Crippen LogP contribution in [0, 0.1) is 5.41 Å². The lowest BCUT2D eigenvalue weighted by molar-refractivity contribution is 1.20. The van der Waals surface area contributed by atoms with Gasteiger partial charge < -0.3 is 4.98 Å². The fourth-order valence-corrected chi connectivity index (χ4v) is 0.882. The molecule has 0 bridgehead atoms. The second kappa shape index (κ2) is 4.28. The first-order valence-electron chi connectivity index (χ1n) is 3.25. The van der Waals surface area contributed by atoms with Gasteiger partial charge in [0, 0.05) is 6.20 Å². The van der Waals surface area contributed by atoms with Gasteiger partial charge in [0.15, 0.2) is 0 Å². The molecule has 0 radical (unpaired) electrons. The van der Waals surface area contributed by atoms with E-state index in [-0.39, 0.29) is 5.17 Å². The third-order valence-electron chi connectivity index (χ3n) is 1.18. The van der Waals surface area contributed by atoms with E-state index in [1.54, 1.807) is 12.3 Å². The van der Waals surface area contributed by atoms with Crippen LogP contribution in [-0.2, 0) is 5.88 Å². The smallest absolute Gasteiger partial charge is 0.130 e. The standard InChI is InChI=1S/C7H7Cl2N3/c8-3-5-4-11-7(12-5)2-1-6(9)10/h1-2,4,10H,3H2,(H,11,12)/b2-1-,10-6?. The van der Waals surface area contributed by atoms with Crippen LogP contribution in [0.5, 0.6) is 0 Å². The molecule has 1 aromatic heterocycles. The Hall–Kier alpha value is -0.800. The molecule has 64 valence electrons. The third kappa shape index (κ3) is 2.68. The number of hydrogen-bond donors (Lipinski definition) is 2. The number of nitrogens with zero attached hydrogens (tertiary/aromatic N) is 1. The zero-order valence-corrected chi connectivity index (χ0v) is 7.65. The minimum atomic E-state index is -0.0289. The highest BCUT2D eigenvalue weighted by atomic mass is 35.5. The van der Waals surface area contributed by atoms with E-state index in [2.05, 4.69) is 9.97 Å². The molecule has 0 saturated heterocycles. The molecule has 5 heteroatoms. The molecule has 0 fully saturated rings. The molecule has 2 N–H and O–H groups in total. The summed E-state index contributed by atoms with van der Waals surface area (Å²) in [6.07, 6.45) is 4.77. The van der Waals surface area contributed by atoms with Crippen molar-refractivity contribution in [2.75, 3.05) is 0 Å². The molecule has 0 aliphatic heterocycles. The number of imidazole rings is 1. The number of H-pyrrole nitrogens is 1. The Kier molecular flexibility index (Phi) is 3.31. The summed E-state index contributed by atoms with van der Waals surface area (Å²) in [6.45, 7) is 0. The maximum Gasteiger partial charge on any atom is 0.130 e. The molecule has 1 aromatic rings. The monoisotopic (exact) mass is 203 g/mol. The van der Waals surface area contributed by atoms with Crippen molar-refractivity contribution >= 4 is 34.4 Å². The van der Waals surface area contributed by atoms with Gasteiger partial charge in [0.25, 0.3) is 0 Å². The Morgan fingerprint density at radius 3 is 3.00 bits per heavy atom. The summed E-state index contributed by atoms with van der Waals surface area (Å²) in [4.78, 5) is 6.95. The predicted molar refractivity (Wildman–Crippen MR) is 50.8 cm³/mol. The highest BCUT2D eigenvalue weighted by Crippen LogP contribution is 2.02. The number of rotatable bonds is 3. The van der Waals surface area contributed by atoms with E-state index >= 15 is 0 Å². The molecule has 0 aromatic carbocycles. The fourth-order valence-electron chi connectivity index (χ4n) is 0.682. The Balaban J connectivity index is 2.70. The fraction of sp³-hybridized carbons (Fsp3) is 0.143. The normalized spacial score (nSPS) is 10.8. The zero-order valence-electron chi connectivity index (χ0n) is 6.14. The molecule has 0 unspecified atom stereocenters. The molecule has 1 rings (SSSR count). The van der Waals surface area contributed by atoms with Gasteiger partial charge in [-0.15, -0.1) is 11.6 Å². The van der Waals surface area contributed by atoms with Crippen LogP contribution in [0.25, 0.3) is 6.08 Å². The summed E-state index contributed by atoms with van der Waals surface area (Å²) < 4.78 is 0. The van der Waals surface area contributed by atoms with E-state index in [0.717, 1.165) is 5.69 Å². The first-order valence-corrected chi connectivity index (χ1v) is 4.16. The van der Waals surface area contributed by atoms with Gasteiger partial charge in [-0.2, -0.15) is 0 Å². The molecule has 12 heavy (non-hydrogen) atoms. The predicted octanol–water partition coefficient (Wildman–Crippen LogP) is 2.38. The van der Waals surface area contributed by atoms with Crippen molar-refractivity contribution in [2.24, 2.45) is 0 Å². The van der Waals surface area contributed by atoms with Crippen molar-refractivity contribution in [1.29, 1.82) is 5.41 Å². The molecule has 0 aliphatic rings. The highest BCUT2D eigenvalue weighted by molar-refractivity contribution is 6.67. The largest absolute Gasteiger partial charge is 0.345 e. The van der Waals surface area contributed by atoms with E-state index in [4.69, 9.17) is 28.6 Å². The van der Waals surface area contributed by atoms with Crippen molar-refractivity contribution in [3.8, 4) is 0 Å². The zero-order chi connectivity index (χ0) is 8.97. The first kappa shape index (κ1) is 9.29. The van der Waals surface area contributed by atoms with Crippen molar-refractivity contribution in [3.63, 3.8) is 0 Å². The van der Waals surface area contributed by atoms with Crippen molar-refractivity contribution in [3.05, 3.63) is 23.8 Å². The van der Waals surface area contributed by atoms with E-state index in [9.17, 15) is 0 Å². The molecule has 0 aliphatic carbocycles. The molecule has 0 atom stereocenters. The van der Waals surface area contributed by atoms with Gasteiger partial charge in [0.2, 0.25) is 0 Å². The maximum atomic E-state index is 6.91. The minimum Gasteiger partial charge on any atom is -0.345 e. The van der Waals surface area contributed by atoms with Crippen LogP contribution in [0.4, 0.5) is 0 Å². The van der Waals surface area contributed by atoms with Crippen LogP contribution >= 0.6 is 23.2 Å². The summed E-state index contributed by atoms with van der Waals surface area (Å²) in [5, 5.41) is 6.88. The van der Waals surface area contributed by atoms with Crippen LogP contribution in [0.3, 0.4) is 0 Å². The third-order valence-corrected chi connectivity index (χ3v) is 1.57. The molecular formula is C7H7Cl2N3. The summed E-state index contributed by atoms with van der Waals surface area (Å²) >= 11 is 10.8. The number of alkyl halides is 1. The summed E-state index contributed by atoms with van der Waals surface area (Å²) in [7, 11) is 0. The van der Waals surface area contributed by atoms with Gasteiger partial charge in [0.05, 0.1) is 11.6 Å². The number of hydrogen-bond acceptors (Lipinski definition) is 2. The Bertz CT molecular complexity index is 303. The molecule has 0 saturated carbocycles. The number of allylic oxidation sites excluding steroid dienone is 1. The Labute approximate surface area is 79.9 Å². The summed E-state index contributed by atoms with van der Waals surface area (Å²) in [6, 6.07) is 0. The van der Waals surface area contributed by atoms with E-state index in [0.29, 0.717) is 11.7 Å². The molecule has 0 spiro atoms. The van der Waals surface area contributed by atoms with Gasteiger partial charge in [-0.05, 0) is 12.2 Å². The second-order valence-electron chi connectivity index (χ2n) is 2.09. The number of nitrogens with one attached hydrogen (secondary N) is 2. The van der Waals surface area contributed by atoms with Crippen LogP contribution in [0.15, 0.2) is 12.3 Å². The van der Waals surface area contributed by atoms with Gasteiger partial charge in [0.1, 0.15) is 11.0 Å². The maximum absolute atomic E-state index is 6.91. The minimum absolute atomic E-state index is 0.0289. The topological polar surface area (TPSA) is 52.5 Å². The SMILES string of the molecule is N=C(Cl)/C=C\c1nc(CCl)c[nH]1. The molecule has 1 heterocycles. The van der Waals surface area contributed by atoms with Gasteiger partial charge in [-0.25, -0.2) is 4.98 Å². The van der Waals surface area contributed by atoms with Crippen molar-refractivity contribution < 1.29 is 0 Å². The van der Waals surface area contributed by atoms with Crippen molar-refractivity contribution in [2.45, 2.75) is 5.88 Å². The average Bonchev–Trinajstić information content (AvgIpc) is 2.48. The summed E-state index contributed by atoms with van der Waals surface area (Å²) in [5.41, 5.74) is 0.775. The van der Waals surface area contributed by atoms with Crippen LogP contribution in [0.2, 0.25) is 0 Å². The van der Waals surface area contributed by atoms with Crippen molar-refractivity contribution in [1.82, 2.24) is 9.97 Å². The lowest BCUT2D eigenvalue weighted by Gasteiger charge is -1.82. The van der Waals surface area contributed by atoms with E-state index in [1.807, 2.05) is 0 Å². The van der Waals surface area contributed by atoms with Crippen LogP contribution < -0.4 is 0 Å². The quantitative estimate of drug-likeness (QED) is 0.576. The second-order valence-corrected chi connectivity index (χ2v) is 2.77. The van der Waals surface area contributed by atoms with E-state index < -0.39 is 0 Å². The first-order chi connectivity index (χ1) is 5.72. The van der Waals surface area contributed by atoms with E-state index in [1.165, 1.54) is 6.08 Å². The Morgan fingerprint density at radius 1 is 1.75 bits per heavy atom. The number of aromatic amines is 1. The molecular weight excluding hydrogens is 197 g/mol. The van der Waals surface area contributed by atoms with Gasteiger partial charge in [-0.3, -0.25) is 5.41 Å². The van der Waals surface area contributed by atoms with Gasteiger partial charge in [-0.1, -0.05) is 11.6 Å². The Morgan fingerprint density at radius 2 is 2.50 bits per heavy atom. The lowest BCUT2D eigenvalue weighted by Crippen LogP contribution is -1.79. The summed E-state index contributed by atoms with van der Waals surface area (Å²) in [5.74, 6) is 1.03. The lowest BCUT2D eigenvalue weighted by atomic mass is 10.5. The number of aromatic nitrogens is 2. The number of halogens is 2. The van der Waals surface area contributed by atoms with Gasteiger partial charge >= 0.3 is 0 Å². The van der Waals surface area contributed by atoms with Crippen LogP contribution in [-0.4, -0.2) is 15.1 Å². The molecule has 0 amide bonds. The van der Waals surface area contributed by atoms with Crippen LogP contribution in [0.1, 0.15) is 11.5 Å².